The van der Waals surface area contributed by atoms with Crippen molar-refractivity contribution in [1.82, 2.24) is 9.55 Å². The first kappa shape index (κ1) is 18.9. The van der Waals surface area contributed by atoms with E-state index in [0.717, 1.165) is 35.3 Å². The van der Waals surface area contributed by atoms with Gasteiger partial charge in [0.1, 0.15) is 11.4 Å². The van der Waals surface area contributed by atoms with Crippen molar-refractivity contribution in [3.8, 4) is 0 Å². The molecule has 1 aliphatic rings. The molecule has 0 spiro atoms. The summed E-state index contributed by atoms with van der Waals surface area (Å²) in [6.07, 6.45) is 4.53. The van der Waals surface area contributed by atoms with E-state index < -0.39 is 0 Å². The molecule has 0 aliphatic heterocycles. The minimum absolute atomic E-state index is 0.0330. The molecule has 1 N–H and O–H groups in total. The second-order valence-corrected chi connectivity index (χ2v) is 9.12. The SMILES string of the molecule is CC(C)c1ccc(NC(=O)Cn2cnc3sc4c(c3c2=O)CC[C@H](C)C4)cc1. The third-order valence-electron chi connectivity index (χ3n) is 5.46. The zero-order valence-corrected chi connectivity index (χ0v) is 17.3. The second kappa shape index (κ2) is 7.51. The Morgan fingerprint density at radius 1 is 1.32 bits per heavy atom. The van der Waals surface area contributed by atoms with Crippen LogP contribution in [0.5, 0.6) is 0 Å². The number of amides is 1. The largest absolute Gasteiger partial charge is 0.325 e. The molecule has 0 fully saturated rings. The van der Waals surface area contributed by atoms with E-state index in [-0.39, 0.29) is 18.0 Å². The van der Waals surface area contributed by atoms with E-state index in [1.54, 1.807) is 11.3 Å². The summed E-state index contributed by atoms with van der Waals surface area (Å²) in [6, 6.07) is 7.82. The third kappa shape index (κ3) is 3.61. The van der Waals surface area contributed by atoms with Crippen LogP contribution in [-0.2, 0) is 24.2 Å². The standard InChI is InChI=1S/C22H25N3O2S/c1-13(2)15-5-7-16(8-6-15)24-19(26)11-25-12-23-21-20(22(25)27)17-9-4-14(3)10-18(17)28-21/h5-8,12-14H,4,9-11H2,1-3H3,(H,24,26)/t14-/m0/s1. The lowest BCUT2D eigenvalue weighted by Gasteiger charge is -2.17. The van der Waals surface area contributed by atoms with Crippen molar-refractivity contribution in [2.45, 2.75) is 52.5 Å². The molecular formula is C22H25N3O2S. The molecule has 3 aromatic rings. The Bertz CT molecular complexity index is 1080. The van der Waals surface area contributed by atoms with Gasteiger partial charge in [-0.15, -0.1) is 11.3 Å². The van der Waals surface area contributed by atoms with Gasteiger partial charge in [0.2, 0.25) is 5.91 Å². The minimum Gasteiger partial charge on any atom is -0.325 e. The quantitative estimate of drug-likeness (QED) is 0.714. The highest BCUT2D eigenvalue weighted by atomic mass is 32.1. The lowest BCUT2D eigenvalue weighted by atomic mass is 9.89. The Balaban J connectivity index is 1.55. The molecule has 146 valence electrons. The molecule has 28 heavy (non-hydrogen) atoms. The van der Waals surface area contributed by atoms with E-state index >= 15 is 0 Å². The molecule has 0 radical (unpaired) electrons. The van der Waals surface area contributed by atoms with Gasteiger partial charge in [-0.1, -0.05) is 32.9 Å². The Morgan fingerprint density at radius 2 is 2.07 bits per heavy atom. The summed E-state index contributed by atoms with van der Waals surface area (Å²) in [5.41, 5.74) is 3.00. The number of thiophene rings is 1. The number of anilines is 1. The summed E-state index contributed by atoms with van der Waals surface area (Å²) in [6.45, 7) is 6.48. The Hall–Kier alpha value is -2.47. The van der Waals surface area contributed by atoms with E-state index in [4.69, 9.17) is 0 Å². The van der Waals surface area contributed by atoms with Gasteiger partial charge in [-0.3, -0.25) is 14.2 Å². The van der Waals surface area contributed by atoms with E-state index in [0.29, 0.717) is 17.2 Å². The van der Waals surface area contributed by atoms with Gasteiger partial charge in [-0.25, -0.2) is 4.98 Å². The van der Waals surface area contributed by atoms with Crippen molar-refractivity contribution in [2.24, 2.45) is 5.92 Å². The molecule has 0 saturated carbocycles. The van der Waals surface area contributed by atoms with Crippen molar-refractivity contribution in [2.75, 3.05) is 5.32 Å². The van der Waals surface area contributed by atoms with Gasteiger partial charge in [0, 0.05) is 10.6 Å². The second-order valence-electron chi connectivity index (χ2n) is 8.03. The molecule has 5 nitrogen and oxygen atoms in total. The molecular weight excluding hydrogens is 370 g/mol. The highest BCUT2D eigenvalue weighted by Gasteiger charge is 2.23. The monoisotopic (exact) mass is 395 g/mol. The predicted octanol–water partition coefficient (Wildman–Crippen LogP) is 4.34. The predicted molar refractivity (Wildman–Crippen MR) is 114 cm³/mol. The zero-order chi connectivity index (χ0) is 19.8. The molecule has 1 amide bonds. The van der Waals surface area contributed by atoms with Crippen LogP contribution in [-0.4, -0.2) is 15.5 Å². The Kier molecular flexibility index (Phi) is 5.06. The van der Waals surface area contributed by atoms with Crippen LogP contribution < -0.4 is 10.9 Å². The van der Waals surface area contributed by atoms with Crippen molar-refractivity contribution < 1.29 is 4.79 Å². The van der Waals surface area contributed by atoms with Crippen molar-refractivity contribution in [3.05, 3.63) is 57.0 Å². The number of carbonyl (C=O) groups excluding carboxylic acids is 1. The number of nitrogens with zero attached hydrogens (tertiary/aromatic N) is 2. The molecule has 0 bridgehead atoms. The van der Waals surface area contributed by atoms with Gasteiger partial charge in [-0.2, -0.15) is 0 Å². The summed E-state index contributed by atoms with van der Waals surface area (Å²) in [4.78, 5) is 32.0. The average Bonchev–Trinajstić information content (AvgIpc) is 3.02. The number of hydrogen-bond acceptors (Lipinski definition) is 4. The van der Waals surface area contributed by atoms with Crippen LogP contribution in [0.15, 0.2) is 35.4 Å². The number of rotatable bonds is 4. The maximum atomic E-state index is 13.0. The van der Waals surface area contributed by atoms with Crippen LogP contribution in [0.3, 0.4) is 0 Å². The first-order valence-electron chi connectivity index (χ1n) is 9.82. The third-order valence-corrected chi connectivity index (χ3v) is 6.62. The number of fused-ring (bicyclic) bond motifs is 3. The molecule has 2 heterocycles. The number of nitrogens with one attached hydrogen (secondary N) is 1. The minimum atomic E-state index is -0.224. The molecule has 0 saturated heterocycles. The zero-order valence-electron chi connectivity index (χ0n) is 16.5. The molecule has 1 aromatic carbocycles. The van der Waals surface area contributed by atoms with Gasteiger partial charge < -0.3 is 5.32 Å². The van der Waals surface area contributed by atoms with Gasteiger partial charge in [0.05, 0.1) is 11.7 Å². The van der Waals surface area contributed by atoms with Crippen LogP contribution in [0.2, 0.25) is 0 Å². The summed E-state index contributed by atoms with van der Waals surface area (Å²) in [5.74, 6) is 0.870. The van der Waals surface area contributed by atoms with Crippen LogP contribution in [0.4, 0.5) is 5.69 Å². The first-order valence-corrected chi connectivity index (χ1v) is 10.6. The van der Waals surface area contributed by atoms with Crippen LogP contribution in [0, 0.1) is 5.92 Å². The highest BCUT2D eigenvalue weighted by Crippen LogP contribution is 2.35. The van der Waals surface area contributed by atoms with Gasteiger partial charge in [0.25, 0.3) is 5.56 Å². The van der Waals surface area contributed by atoms with Gasteiger partial charge >= 0.3 is 0 Å². The van der Waals surface area contributed by atoms with Crippen molar-refractivity contribution in [1.29, 1.82) is 0 Å². The van der Waals surface area contributed by atoms with Gasteiger partial charge in [-0.05, 0) is 54.4 Å². The molecule has 0 unspecified atom stereocenters. The fraction of sp³-hybridized carbons (Fsp3) is 0.409. The summed E-state index contributed by atoms with van der Waals surface area (Å²) in [7, 11) is 0. The van der Waals surface area contributed by atoms with Gasteiger partial charge in [0.15, 0.2) is 0 Å². The first-order chi connectivity index (χ1) is 13.4. The van der Waals surface area contributed by atoms with E-state index in [1.165, 1.54) is 21.3 Å². The Labute approximate surface area is 168 Å². The summed E-state index contributed by atoms with van der Waals surface area (Å²) >= 11 is 1.63. The maximum absolute atomic E-state index is 13.0. The lowest BCUT2D eigenvalue weighted by molar-refractivity contribution is -0.116. The lowest BCUT2D eigenvalue weighted by Crippen LogP contribution is -2.28. The molecule has 4 rings (SSSR count). The smallest absolute Gasteiger partial charge is 0.262 e. The van der Waals surface area contributed by atoms with Crippen LogP contribution in [0.25, 0.3) is 10.2 Å². The molecule has 1 atom stereocenters. The molecule has 6 heteroatoms. The highest BCUT2D eigenvalue weighted by molar-refractivity contribution is 7.18. The number of carbonyl (C=O) groups is 1. The normalized spacial score (nSPS) is 16.4. The topological polar surface area (TPSA) is 64.0 Å². The Morgan fingerprint density at radius 3 is 2.79 bits per heavy atom. The number of hydrogen-bond donors (Lipinski definition) is 1. The number of aromatic nitrogens is 2. The summed E-state index contributed by atoms with van der Waals surface area (Å²) < 4.78 is 1.42. The summed E-state index contributed by atoms with van der Waals surface area (Å²) in [5, 5.41) is 3.58. The fourth-order valence-corrected chi connectivity index (χ4v) is 5.13. The molecule has 1 aliphatic carbocycles. The maximum Gasteiger partial charge on any atom is 0.262 e. The average molecular weight is 396 g/mol. The van der Waals surface area contributed by atoms with Crippen LogP contribution >= 0.6 is 11.3 Å². The van der Waals surface area contributed by atoms with E-state index in [9.17, 15) is 9.59 Å². The number of aryl methyl sites for hydroxylation is 1. The van der Waals surface area contributed by atoms with E-state index in [1.807, 2.05) is 24.3 Å². The van der Waals surface area contributed by atoms with Crippen LogP contribution in [0.1, 0.15) is 49.1 Å². The fourth-order valence-electron chi connectivity index (χ4n) is 3.79. The van der Waals surface area contributed by atoms with Crippen molar-refractivity contribution in [3.63, 3.8) is 0 Å². The van der Waals surface area contributed by atoms with E-state index in [2.05, 4.69) is 31.1 Å². The number of benzene rings is 1. The molecule has 2 aromatic heterocycles. The van der Waals surface area contributed by atoms with Crippen molar-refractivity contribution >= 4 is 33.1 Å².